The molecule has 0 saturated carbocycles. The zero-order valence-corrected chi connectivity index (χ0v) is 7.81. The molecule has 1 heterocycles. The summed E-state index contributed by atoms with van der Waals surface area (Å²) in [6, 6.07) is 9.71. The van der Waals surface area contributed by atoms with Crippen LogP contribution in [0.1, 0.15) is 17.9 Å². The van der Waals surface area contributed by atoms with Gasteiger partial charge in [0, 0.05) is 12.3 Å². The maximum atomic E-state index is 11.2. The molecule has 3 heteroatoms. The Morgan fingerprint density at radius 1 is 1.36 bits per heavy atom. The number of benzene rings is 1. The van der Waals surface area contributed by atoms with Gasteiger partial charge in [0.15, 0.2) is 0 Å². The molecule has 0 bridgehead atoms. The van der Waals surface area contributed by atoms with Crippen LogP contribution in [0.2, 0.25) is 0 Å². The number of hydrogen-bond donors (Lipinski definition) is 2. The van der Waals surface area contributed by atoms with E-state index >= 15 is 0 Å². The third kappa shape index (κ3) is 1.63. The average molecular weight is 191 g/mol. The predicted octanol–water partition coefficient (Wildman–Crippen LogP) is 0.651. The second-order valence-corrected chi connectivity index (χ2v) is 3.58. The zero-order valence-electron chi connectivity index (χ0n) is 7.81. The Morgan fingerprint density at radius 2 is 2.07 bits per heavy atom. The topological polar surface area (TPSA) is 49.3 Å². The van der Waals surface area contributed by atoms with Gasteiger partial charge in [0.25, 0.3) is 0 Å². The largest absolute Gasteiger partial charge is 0.394 e. The van der Waals surface area contributed by atoms with E-state index in [2.05, 4.69) is 5.32 Å². The third-order valence-corrected chi connectivity index (χ3v) is 2.66. The minimum absolute atomic E-state index is 0.00526. The second kappa shape index (κ2) is 3.80. The molecule has 1 aromatic carbocycles. The summed E-state index contributed by atoms with van der Waals surface area (Å²) < 4.78 is 0. The van der Waals surface area contributed by atoms with E-state index in [4.69, 9.17) is 5.11 Å². The molecule has 1 fully saturated rings. The molecule has 2 unspecified atom stereocenters. The summed E-state index contributed by atoms with van der Waals surface area (Å²) in [7, 11) is 0. The molecule has 14 heavy (non-hydrogen) atoms. The first-order valence-corrected chi connectivity index (χ1v) is 4.76. The molecule has 0 aliphatic carbocycles. The van der Waals surface area contributed by atoms with E-state index in [-0.39, 0.29) is 24.5 Å². The van der Waals surface area contributed by atoms with Crippen molar-refractivity contribution in [3.63, 3.8) is 0 Å². The number of hydrogen-bond acceptors (Lipinski definition) is 2. The van der Waals surface area contributed by atoms with Crippen LogP contribution in [0.15, 0.2) is 30.3 Å². The Morgan fingerprint density at radius 3 is 2.71 bits per heavy atom. The second-order valence-electron chi connectivity index (χ2n) is 3.58. The fourth-order valence-corrected chi connectivity index (χ4v) is 1.93. The first kappa shape index (κ1) is 9.21. The molecule has 2 rings (SSSR count). The third-order valence-electron chi connectivity index (χ3n) is 2.66. The molecule has 1 aromatic rings. The van der Waals surface area contributed by atoms with Crippen LogP contribution in [-0.2, 0) is 4.79 Å². The molecule has 1 saturated heterocycles. The molecule has 0 radical (unpaired) electrons. The lowest BCUT2D eigenvalue weighted by Gasteiger charge is -2.16. The maximum absolute atomic E-state index is 11.2. The minimum Gasteiger partial charge on any atom is -0.394 e. The van der Waals surface area contributed by atoms with E-state index in [1.54, 1.807) is 0 Å². The van der Waals surface area contributed by atoms with E-state index < -0.39 is 0 Å². The van der Waals surface area contributed by atoms with Crippen molar-refractivity contribution in [2.45, 2.75) is 18.4 Å². The molecule has 2 N–H and O–H groups in total. The Balaban J connectivity index is 2.22. The fraction of sp³-hybridized carbons (Fsp3) is 0.364. The van der Waals surface area contributed by atoms with Crippen molar-refractivity contribution in [1.82, 2.24) is 5.32 Å². The average Bonchev–Trinajstić information content (AvgIpc) is 2.61. The first-order chi connectivity index (χ1) is 6.81. The highest BCUT2D eigenvalue weighted by Crippen LogP contribution is 2.27. The zero-order chi connectivity index (χ0) is 9.97. The van der Waals surface area contributed by atoms with E-state index in [0.29, 0.717) is 6.42 Å². The summed E-state index contributed by atoms with van der Waals surface area (Å²) >= 11 is 0. The van der Waals surface area contributed by atoms with Gasteiger partial charge in [-0.1, -0.05) is 30.3 Å². The monoisotopic (exact) mass is 191 g/mol. The van der Waals surface area contributed by atoms with Gasteiger partial charge in [0.05, 0.1) is 12.6 Å². The molecule has 3 nitrogen and oxygen atoms in total. The maximum Gasteiger partial charge on any atom is 0.221 e. The van der Waals surface area contributed by atoms with Crippen LogP contribution in [0, 0.1) is 0 Å². The number of rotatable bonds is 2. The van der Waals surface area contributed by atoms with Crippen molar-refractivity contribution in [2.24, 2.45) is 0 Å². The lowest BCUT2D eigenvalue weighted by Crippen LogP contribution is -2.31. The van der Waals surface area contributed by atoms with E-state index in [9.17, 15) is 4.79 Å². The predicted molar refractivity (Wildman–Crippen MR) is 52.8 cm³/mol. The van der Waals surface area contributed by atoms with Crippen LogP contribution in [0.3, 0.4) is 0 Å². The Kier molecular flexibility index (Phi) is 2.50. The summed E-state index contributed by atoms with van der Waals surface area (Å²) in [5, 5.41) is 11.9. The Hall–Kier alpha value is -1.35. The van der Waals surface area contributed by atoms with Gasteiger partial charge in [0.2, 0.25) is 5.91 Å². The highest BCUT2D eigenvalue weighted by molar-refractivity contribution is 5.80. The van der Waals surface area contributed by atoms with Crippen LogP contribution in [0.25, 0.3) is 0 Å². The molecule has 1 aliphatic heterocycles. The van der Waals surface area contributed by atoms with Crippen LogP contribution in [-0.4, -0.2) is 23.7 Å². The van der Waals surface area contributed by atoms with Crippen LogP contribution in [0.4, 0.5) is 0 Å². The van der Waals surface area contributed by atoms with Crippen LogP contribution < -0.4 is 5.32 Å². The lowest BCUT2D eigenvalue weighted by atomic mass is 9.92. The fourth-order valence-electron chi connectivity index (χ4n) is 1.93. The molecule has 74 valence electrons. The Labute approximate surface area is 82.8 Å². The number of carbonyl (C=O) groups excluding carboxylic acids is 1. The van der Waals surface area contributed by atoms with Crippen LogP contribution in [0.5, 0.6) is 0 Å². The van der Waals surface area contributed by atoms with E-state index in [1.807, 2.05) is 30.3 Å². The SMILES string of the molecule is O=C1CC(c2ccccc2)C(CO)N1. The standard InChI is InChI=1S/C11H13NO2/c13-7-10-9(6-11(14)12-10)8-4-2-1-3-5-8/h1-5,9-10,13H,6-7H2,(H,12,14). The van der Waals surface area contributed by atoms with Crippen molar-refractivity contribution in [1.29, 1.82) is 0 Å². The van der Waals surface area contributed by atoms with Crippen molar-refractivity contribution < 1.29 is 9.90 Å². The van der Waals surface area contributed by atoms with Gasteiger partial charge < -0.3 is 10.4 Å². The Bertz CT molecular complexity index is 323. The molecule has 2 atom stereocenters. The minimum atomic E-state index is -0.120. The smallest absolute Gasteiger partial charge is 0.221 e. The molecular weight excluding hydrogens is 178 g/mol. The quantitative estimate of drug-likeness (QED) is 0.721. The van der Waals surface area contributed by atoms with E-state index in [0.717, 1.165) is 5.56 Å². The van der Waals surface area contributed by atoms with E-state index in [1.165, 1.54) is 0 Å². The van der Waals surface area contributed by atoms with Gasteiger partial charge >= 0.3 is 0 Å². The normalized spacial score (nSPS) is 26.2. The van der Waals surface area contributed by atoms with Gasteiger partial charge in [-0.3, -0.25) is 4.79 Å². The number of amides is 1. The van der Waals surface area contributed by atoms with Crippen molar-refractivity contribution in [3.8, 4) is 0 Å². The van der Waals surface area contributed by atoms with Gasteiger partial charge in [-0.2, -0.15) is 0 Å². The highest BCUT2D eigenvalue weighted by atomic mass is 16.3. The van der Waals surface area contributed by atoms with Gasteiger partial charge in [0.1, 0.15) is 0 Å². The number of aliphatic hydroxyl groups is 1. The van der Waals surface area contributed by atoms with Crippen LogP contribution >= 0.6 is 0 Å². The molecule has 1 aliphatic rings. The molecule has 0 aromatic heterocycles. The number of aliphatic hydroxyl groups excluding tert-OH is 1. The summed E-state index contributed by atoms with van der Waals surface area (Å²) in [5.74, 6) is 0.145. The molecule has 0 spiro atoms. The van der Waals surface area contributed by atoms with Crippen molar-refractivity contribution in [3.05, 3.63) is 35.9 Å². The molecule has 1 amide bonds. The van der Waals surface area contributed by atoms with Gasteiger partial charge in [-0.15, -0.1) is 0 Å². The summed E-state index contributed by atoms with van der Waals surface area (Å²) in [6.45, 7) is 0.00526. The number of carbonyl (C=O) groups is 1. The highest BCUT2D eigenvalue weighted by Gasteiger charge is 2.32. The molecular formula is C11H13NO2. The number of nitrogens with one attached hydrogen (secondary N) is 1. The van der Waals surface area contributed by atoms with Gasteiger partial charge in [-0.25, -0.2) is 0 Å². The first-order valence-electron chi connectivity index (χ1n) is 4.76. The summed E-state index contributed by atoms with van der Waals surface area (Å²) in [4.78, 5) is 11.2. The lowest BCUT2D eigenvalue weighted by molar-refractivity contribution is -0.119. The summed E-state index contributed by atoms with van der Waals surface area (Å²) in [5.41, 5.74) is 1.12. The summed E-state index contributed by atoms with van der Waals surface area (Å²) in [6.07, 6.45) is 0.481. The van der Waals surface area contributed by atoms with Gasteiger partial charge in [-0.05, 0) is 5.56 Å². The van der Waals surface area contributed by atoms with Crippen molar-refractivity contribution >= 4 is 5.91 Å². The van der Waals surface area contributed by atoms with Crippen molar-refractivity contribution in [2.75, 3.05) is 6.61 Å².